The van der Waals surface area contributed by atoms with Crippen LogP contribution in [-0.4, -0.2) is 31.8 Å². The fraction of sp³-hybridized carbons (Fsp3) is 0.364. The molecule has 0 bridgehead atoms. The van der Waals surface area contributed by atoms with Gasteiger partial charge in [-0.25, -0.2) is 4.79 Å². The number of carbonyl (C=O) groups excluding carboxylic acids is 2. The maximum absolute atomic E-state index is 13.2. The molecule has 0 fully saturated rings. The van der Waals surface area contributed by atoms with Crippen LogP contribution in [-0.2, 0) is 20.7 Å². The van der Waals surface area contributed by atoms with Gasteiger partial charge in [-0.2, -0.15) is 0 Å². The van der Waals surface area contributed by atoms with E-state index in [9.17, 15) is 22.8 Å². The summed E-state index contributed by atoms with van der Waals surface area (Å²) in [6.07, 6.45) is -4.71. The molecule has 2 aromatic carbocycles. The molecule has 0 saturated carbocycles. The van der Waals surface area contributed by atoms with Crippen LogP contribution in [0.3, 0.4) is 0 Å². The minimum atomic E-state index is -4.82. The van der Waals surface area contributed by atoms with Crippen molar-refractivity contribution in [2.45, 2.75) is 39.2 Å². The Morgan fingerprint density at radius 1 is 1.03 bits per heavy atom. The van der Waals surface area contributed by atoms with Crippen molar-refractivity contribution in [3.8, 4) is 5.75 Å². The highest BCUT2D eigenvalue weighted by Crippen LogP contribution is 2.30. The van der Waals surface area contributed by atoms with Crippen LogP contribution in [0.1, 0.15) is 53.4 Å². The van der Waals surface area contributed by atoms with Gasteiger partial charge in [-0.05, 0) is 42.7 Å². The molecule has 2 rings (SSSR count). The van der Waals surface area contributed by atoms with Crippen LogP contribution in [0.25, 0.3) is 0 Å². The van der Waals surface area contributed by atoms with Gasteiger partial charge in [0.2, 0.25) is 0 Å². The largest absolute Gasteiger partial charge is 0.573 e. The first-order valence-electron chi connectivity index (χ1n) is 9.43. The lowest BCUT2D eigenvalue weighted by Gasteiger charge is -2.21. The van der Waals surface area contributed by atoms with Gasteiger partial charge in [0.1, 0.15) is 5.75 Å². The molecule has 0 saturated heterocycles. The van der Waals surface area contributed by atoms with Gasteiger partial charge >= 0.3 is 12.3 Å². The predicted octanol–water partition coefficient (Wildman–Crippen LogP) is 5.02. The molecule has 162 valence electrons. The first kappa shape index (κ1) is 23.4. The first-order chi connectivity index (χ1) is 14.2. The fourth-order valence-electron chi connectivity index (χ4n) is 3.00. The monoisotopic (exact) mass is 424 g/mol. The van der Waals surface area contributed by atoms with Gasteiger partial charge in [0.05, 0.1) is 7.11 Å². The van der Waals surface area contributed by atoms with E-state index in [0.717, 1.165) is 17.7 Å². The maximum atomic E-state index is 13.2. The maximum Gasteiger partial charge on any atom is 0.573 e. The Hall–Kier alpha value is -2.87. The third-order valence-corrected chi connectivity index (χ3v) is 4.34. The molecule has 0 heterocycles. The Kier molecular flexibility index (Phi) is 8.00. The molecule has 0 spiro atoms. The van der Waals surface area contributed by atoms with Crippen molar-refractivity contribution in [1.29, 1.82) is 0 Å². The molecule has 0 aliphatic heterocycles. The van der Waals surface area contributed by atoms with Gasteiger partial charge in [-0.15, -0.1) is 13.2 Å². The third-order valence-electron chi connectivity index (χ3n) is 4.34. The molecule has 0 amide bonds. The molecule has 8 heteroatoms. The molecule has 0 aliphatic rings. The van der Waals surface area contributed by atoms with E-state index < -0.39 is 30.0 Å². The number of hydrogen-bond donors (Lipinski definition) is 0. The average Bonchev–Trinajstić information content (AvgIpc) is 2.72. The van der Waals surface area contributed by atoms with Crippen LogP contribution >= 0.6 is 0 Å². The van der Waals surface area contributed by atoms with E-state index in [2.05, 4.69) is 4.74 Å². The van der Waals surface area contributed by atoms with Gasteiger partial charge in [0.15, 0.2) is 11.9 Å². The first-order valence-corrected chi connectivity index (χ1v) is 9.43. The van der Waals surface area contributed by atoms with Gasteiger partial charge < -0.3 is 14.2 Å². The Morgan fingerprint density at radius 2 is 1.70 bits per heavy atom. The highest BCUT2D eigenvalue weighted by molar-refractivity contribution is 6.10. The molecule has 0 radical (unpaired) electrons. The molecule has 0 N–H and O–H groups in total. The average molecular weight is 424 g/mol. The quantitative estimate of drug-likeness (QED) is 0.418. The predicted molar refractivity (Wildman–Crippen MR) is 103 cm³/mol. The standard InChI is InChI=1S/C22H23F3O5/c1-4-13-29-20(21(27)28-3)18-14(5-2)7-6-8-17(18)19(26)15-9-11-16(12-10-15)30-22(23,24)25/h6-12,20H,4-5,13H2,1-3H3. The van der Waals surface area contributed by atoms with Crippen molar-refractivity contribution in [1.82, 2.24) is 0 Å². The molecule has 30 heavy (non-hydrogen) atoms. The SMILES string of the molecule is CCCOC(C(=O)OC)c1c(CC)cccc1C(=O)c1ccc(OC(F)(F)F)cc1. The summed E-state index contributed by atoms with van der Waals surface area (Å²) < 4.78 is 51.5. The Balaban J connectivity index is 2.48. The Morgan fingerprint density at radius 3 is 2.23 bits per heavy atom. The van der Waals surface area contributed by atoms with E-state index in [0.29, 0.717) is 18.4 Å². The molecule has 2 aromatic rings. The highest BCUT2D eigenvalue weighted by atomic mass is 19.4. The minimum Gasteiger partial charge on any atom is -0.467 e. The van der Waals surface area contributed by atoms with Crippen molar-refractivity contribution < 1.29 is 37.0 Å². The molecular formula is C22H23F3O5. The number of halogens is 3. The van der Waals surface area contributed by atoms with Gasteiger partial charge in [0.25, 0.3) is 0 Å². The Bertz CT molecular complexity index is 875. The number of esters is 1. The zero-order valence-electron chi connectivity index (χ0n) is 16.9. The summed E-state index contributed by atoms with van der Waals surface area (Å²) in [5, 5.41) is 0. The normalized spacial score (nSPS) is 12.3. The lowest BCUT2D eigenvalue weighted by molar-refractivity contribution is -0.274. The van der Waals surface area contributed by atoms with Crippen LogP contribution in [0.5, 0.6) is 5.75 Å². The molecule has 0 aliphatic carbocycles. The van der Waals surface area contributed by atoms with Crippen molar-refractivity contribution in [2.75, 3.05) is 13.7 Å². The molecule has 0 aromatic heterocycles. The lowest BCUT2D eigenvalue weighted by atomic mass is 9.90. The zero-order chi connectivity index (χ0) is 22.3. The number of benzene rings is 2. The number of carbonyl (C=O) groups is 2. The summed E-state index contributed by atoms with van der Waals surface area (Å²) in [5.74, 6) is -1.51. The molecule has 5 nitrogen and oxygen atoms in total. The summed E-state index contributed by atoms with van der Waals surface area (Å²) in [5.41, 5.74) is 1.52. The minimum absolute atomic E-state index is 0.151. The summed E-state index contributed by atoms with van der Waals surface area (Å²) in [6.45, 7) is 4.05. The van der Waals surface area contributed by atoms with E-state index in [-0.39, 0.29) is 17.7 Å². The summed E-state index contributed by atoms with van der Waals surface area (Å²) in [4.78, 5) is 25.5. The van der Waals surface area contributed by atoms with E-state index in [1.165, 1.54) is 19.2 Å². The topological polar surface area (TPSA) is 61.8 Å². The van der Waals surface area contributed by atoms with Gasteiger partial charge in [0, 0.05) is 23.3 Å². The smallest absolute Gasteiger partial charge is 0.467 e. The third kappa shape index (κ3) is 5.82. The second kappa shape index (κ2) is 10.2. The number of methoxy groups -OCH3 is 1. The fourth-order valence-corrected chi connectivity index (χ4v) is 3.00. The summed E-state index contributed by atoms with van der Waals surface area (Å²) >= 11 is 0. The van der Waals surface area contributed by atoms with Crippen molar-refractivity contribution >= 4 is 11.8 Å². The number of hydrogen-bond acceptors (Lipinski definition) is 5. The van der Waals surface area contributed by atoms with Crippen LogP contribution in [0.15, 0.2) is 42.5 Å². The number of ketones is 1. The highest BCUT2D eigenvalue weighted by Gasteiger charge is 2.32. The van der Waals surface area contributed by atoms with E-state index in [4.69, 9.17) is 9.47 Å². The van der Waals surface area contributed by atoms with Crippen LogP contribution in [0, 0.1) is 0 Å². The van der Waals surface area contributed by atoms with Crippen molar-refractivity contribution in [3.05, 3.63) is 64.7 Å². The van der Waals surface area contributed by atoms with Crippen LogP contribution < -0.4 is 4.74 Å². The molecule has 1 unspecified atom stereocenters. The summed E-state index contributed by atoms with van der Waals surface area (Å²) in [6, 6.07) is 9.65. The number of alkyl halides is 3. The summed E-state index contributed by atoms with van der Waals surface area (Å²) in [7, 11) is 1.24. The second-order valence-electron chi connectivity index (χ2n) is 6.41. The van der Waals surface area contributed by atoms with E-state index >= 15 is 0 Å². The van der Waals surface area contributed by atoms with Gasteiger partial charge in [-0.3, -0.25) is 4.79 Å². The second-order valence-corrected chi connectivity index (χ2v) is 6.41. The van der Waals surface area contributed by atoms with Crippen molar-refractivity contribution in [3.63, 3.8) is 0 Å². The zero-order valence-corrected chi connectivity index (χ0v) is 16.9. The van der Waals surface area contributed by atoms with E-state index in [1.807, 2.05) is 13.8 Å². The van der Waals surface area contributed by atoms with Crippen LogP contribution in [0.4, 0.5) is 13.2 Å². The number of rotatable bonds is 9. The van der Waals surface area contributed by atoms with E-state index in [1.54, 1.807) is 18.2 Å². The lowest BCUT2D eigenvalue weighted by Crippen LogP contribution is -2.22. The van der Waals surface area contributed by atoms with Crippen LogP contribution in [0.2, 0.25) is 0 Å². The van der Waals surface area contributed by atoms with Crippen molar-refractivity contribution in [2.24, 2.45) is 0 Å². The van der Waals surface area contributed by atoms with Gasteiger partial charge in [-0.1, -0.05) is 32.0 Å². The molecular weight excluding hydrogens is 401 g/mol. The number of ether oxygens (including phenoxy) is 3. The Labute approximate surface area is 172 Å². The number of aryl methyl sites for hydroxylation is 1. The molecule has 1 atom stereocenters.